The molecule has 0 fully saturated rings. The third kappa shape index (κ3) is 4.98. The summed E-state index contributed by atoms with van der Waals surface area (Å²) in [4.78, 5) is 0. The van der Waals surface area contributed by atoms with Crippen molar-refractivity contribution >= 4 is 15.9 Å². The van der Waals surface area contributed by atoms with Crippen LogP contribution in [0.1, 0.15) is 36.0 Å². The lowest BCUT2D eigenvalue weighted by molar-refractivity contribution is 0.576. The maximum Gasteiger partial charge on any atom is 0.0207 e. The molecule has 0 radical (unpaired) electrons. The first-order chi connectivity index (χ1) is 10.2. The quantitative estimate of drug-likeness (QED) is 0.689. The van der Waals surface area contributed by atoms with Gasteiger partial charge >= 0.3 is 0 Å². The summed E-state index contributed by atoms with van der Waals surface area (Å²) in [7, 11) is 0. The van der Waals surface area contributed by atoms with E-state index in [2.05, 4.69) is 83.6 Å². The van der Waals surface area contributed by atoms with Crippen LogP contribution in [0.15, 0.2) is 53.0 Å². The van der Waals surface area contributed by atoms with Crippen LogP contribution in [0.2, 0.25) is 0 Å². The van der Waals surface area contributed by atoms with E-state index in [1.165, 1.54) is 27.6 Å². The number of rotatable bonds is 7. The summed E-state index contributed by atoms with van der Waals surface area (Å²) in [5, 5.41) is 3.58. The molecule has 0 aliphatic heterocycles. The van der Waals surface area contributed by atoms with Crippen molar-refractivity contribution in [1.82, 2.24) is 5.32 Å². The third-order valence-corrected chi connectivity index (χ3v) is 4.53. The molecule has 0 aliphatic rings. The van der Waals surface area contributed by atoms with Gasteiger partial charge in [0.15, 0.2) is 0 Å². The van der Waals surface area contributed by atoms with Crippen molar-refractivity contribution in [1.29, 1.82) is 0 Å². The van der Waals surface area contributed by atoms with Gasteiger partial charge in [0.25, 0.3) is 0 Å². The minimum absolute atomic E-state index is 0.509. The van der Waals surface area contributed by atoms with Gasteiger partial charge in [0.2, 0.25) is 0 Å². The van der Waals surface area contributed by atoms with Crippen LogP contribution < -0.4 is 5.32 Å². The Kier molecular flexibility index (Phi) is 6.47. The number of hydrogen-bond acceptors (Lipinski definition) is 1. The number of nitrogens with one attached hydrogen (secondary N) is 1. The van der Waals surface area contributed by atoms with Crippen molar-refractivity contribution < 1.29 is 0 Å². The summed E-state index contributed by atoms with van der Waals surface area (Å²) < 4.78 is 1.21. The van der Waals surface area contributed by atoms with Gasteiger partial charge in [-0.05, 0) is 43.5 Å². The van der Waals surface area contributed by atoms with Crippen molar-refractivity contribution in [2.24, 2.45) is 0 Å². The molecule has 21 heavy (non-hydrogen) atoms. The second-order valence-electron chi connectivity index (χ2n) is 5.61. The first-order valence-electron chi connectivity index (χ1n) is 7.71. The standard InChI is InChI=1S/C19H24BrN/c1-3-11-21-14-18(16-9-6-7-15(2)12-16)13-17-8-4-5-10-19(17)20/h4-10,12,18,21H,3,11,13-14H2,1-2H3. The lowest BCUT2D eigenvalue weighted by atomic mass is 9.91. The van der Waals surface area contributed by atoms with Crippen LogP contribution in [0.4, 0.5) is 0 Å². The summed E-state index contributed by atoms with van der Waals surface area (Å²) >= 11 is 3.67. The Morgan fingerprint density at radius 2 is 1.90 bits per heavy atom. The van der Waals surface area contributed by atoms with Crippen LogP contribution in [0.25, 0.3) is 0 Å². The number of aryl methyl sites for hydroxylation is 1. The molecular formula is C19H24BrN. The zero-order chi connectivity index (χ0) is 15.1. The zero-order valence-electron chi connectivity index (χ0n) is 12.9. The predicted molar refractivity (Wildman–Crippen MR) is 94.9 cm³/mol. The maximum absolute atomic E-state index is 3.67. The van der Waals surface area contributed by atoms with Gasteiger partial charge < -0.3 is 5.32 Å². The van der Waals surface area contributed by atoms with Gasteiger partial charge in [0.1, 0.15) is 0 Å². The topological polar surface area (TPSA) is 12.0 Å². The van der Waals surface area contributed by atoms with E-state index in [1.54, 1.807) is 0 Å². The van der Waals surface area contributed by atoms with Gasteiger partial charge in [-0.3, -0.25) is 0 Å². The Hall–Kier alpha value is -1.12. The molecule has 2 rings (SSSR count). The Bertz CT molecular complexity index is 565. The van der Waals surface area contributed by atoms with Crippen molar-refractivity contribution in [2.45, 2.75) is 32.6 Å². The van der Waals surface area contributed by atoms with Gasteiger partial charge in [-0.2, -0.15) is 0 Å². The zero-order valence-corrected chi connectivity index (χ0v) is 14.5. The van der Waals surface area contributed by atoms with Crippen molar-refractivity contribution in [3.8, 4) is 0 Å². The van der Waals surface area contributed by atoms with E-state index < -0.39 is 0 Å². The first kappa shape index (κ1) is 16.3. The van der Waals surface area contributed by atoms with Crippen LogP contribution in [0.5, 0.6) is 0 Å². The highest BCUT2D eigenvalue weighted by Crippen LogP contribution is 2.25. The molecule has 0 spiro atoms. The molecule has 0 heterocycles. The van der Waals surface area contributed by atoms with Crippen molar-refractivity contribution in [3.05, 3.63) is 69.7 Å². The van der Waals surface area contributed by atoms with Gasteiger partial charge in [-0.1, -0.05) is 70.9 Å². The highest BCUT2D eigenvalue weighted by Gasteiger charge is 2.13. The summed E-state index contributed by atoms with van der Waals surface area (Å²) in [6, 6.07) is 17.4. The monoisotopic (exact) mass is 345 g/mol. The van der Waals surface area contributed by atoms with Crippen LogP contribution >= 0.6 is 15.9 Å². The molecule has 1 unspecified atom stereocenters. The second kappa shape index (κ2) is 8.35. The van der Waals surface area contributed by atoms with E-state index >= 15 is 0 Å². The Morgan fingerprint density at radius 1 is 1.10 bits per heavy atom. The summed E-state index contributed by atoms with van der Waals surface area (Å²) in [6.45, 7) is 6.48. The molecule has 1 N–H and O–H groups in total. The first-order valence-corrected chi connectivity index (χ1v) is 8.50. The SMILES string of the molecule is CCCNCC(Cc1ccccc1Br)c1cccc(C)c1. The summed E-state index contributed by atoms with van der Waals surface area (Å²) in [6.07, 6.45) is 2.23. The van der Waals surface area contributed by atoms with Crippen LogP contribution in [0.3, 0.4) is 0 Å². The fourth-order valence-electron chi connectivity index (χ4n) is 2.61. The molecule has 2 aromatic carbocycles. The largest absolute Gasteiger partial charge is 0.316 e. The molecule has 0 amide bonds. The normalized spacial score (nSPS) is 12.3. The molecule has 112 valence electrons. The lowest BCUT2D eigenvalue weighted by Crippen LogP contribution is -2.23. The van der Waals surface area contributed by atoms with E-state index in [0.717, 1.165) is 19.5 Å². The van der Waals surface area contributed by atoms with Crippen molar-refractivity contribution in [2.75, 3.05) is 13.1 Å². The molecule has 2 heteroatoms. The molecule has 0 aromatic heterocycles. The molecule has 1 atom stereocenters. The fraction of sp³-hybridized carbons (Fsp3) is 0.368. The van der Waals surface area contributed by atoms with Crippen LogP contribution in [0, 0.1) is 6.92 Å². The highest BCUT2D eigenvalue weighted by molar-refractivity contribution is 9.10. The number of benzene rings is 2. The smallest absolute Gasteiger partial charge is 0.0207 e. The number of halogens is 1. The van der Waals surface area contributed by atoms with Gasteiger partial charge in [0.05, 0.1) is 0 Å². The van der Waals surface area contributed by atoms with Crippen LogP contribution in [-0.2, 0) is 6.42 Å². The predicted octanol–water partition coefficient (Wildman–Crippen LogP) is 5.08. The third-order valence-electron chi connectivity index (χ3n) is 3.76. The maximum atomic E-state index is 3.67. The second-order valence-corrected chi connectivity index (χ2v) is 6.47. The molecule has 0 saturated heterocycles. The Balaban J connectivity index is 2.17. The summed E-state index contributed by atoms with van der Waals surface area (Å²) in [5.41, 5.74) is 4.14. The van der Waals surface area contributed by atoms with Gasteiger partial charge in [-0.25, -0.2) is 0 Å². The van der Waals surface area contributed by atoms with E-state index in [4.69, 9.17) is 0 Å². The molecule has 0 aliphatic carbocycles. The molecule has 1 nitrogen and oxygen atoms in total. The van der Waals surface area contributed by atoms with Gasteiger partial charge in [0, 0.05) is 16.9 Å². The molecule has 2 aromatic rings. The van der Waals surface area contributed by atoms with E-state index in [-0.39, 0.29) is 0 Å². The minimum Gasteiger partial charge on any atom is -0.316 e. The van der Waals surface area contributed by atoms with Crippen molar-refractivity contribution in [3.63, 3.8) is 0 Å². The van der Waals surface area contributed by atoms with E-state index in [9.17, 15) is 0 Å². The average Bonchev–Trinajstić information content (AvgIpc) is 2.48. The molecule has 0 bridgehead atoms. The van der Waals surface area contributed by atoms with E-state index in [1.807, 2.05) is 0 Å². The molecule has 0 saturated carbocycles. The molecular weight excluding hydrogens is 322 g/mol. The lowest BCUT2D eigenvalue weighted by Gasteiger charge is -2.19. The fourth-order valence-corrected chi connectivity index (χ4v) is 3.06. The van der Waals surface area contributed by atoms with Gasteiger partial charge in [-0.15, -0.1) is 0 Å². The Morgan fingerprint density at radius 3 is 2.62 bits per heavy atom. The van der Waals surface area contributed by atoms with Crippen LogP contribution in [-0.4, -0.2) is 13.1 Å². The Labute approximate surface area is 136 Å². The highest BCUT2D eigenvalue weighted by atomic mass is 79.9. The minimum atomic E-state index is 0.509. The number of hydrogen-bond donors (Lipinski definition) is 1. The summed E-state index contributed by atoms with van der Waals surface area (Å²) in [5.74, 6) is 0.509. The average molecular weight is 346 g/mol. The van der Waals surface area contributed by atoms with E-state index in [0.29, 0.717) is 5.92 Å².